The highest BCUT2D eigenvalue weighted by Gasteiger charge is 2.24. The van der Waals surface area contributed by atoms with Gasteiger partial charge in [-0.15, -0.1) is 18.4 Å². The monoisotopic (exact) mass is 236 g/mol. The Morgan fingerprint density at radius 3 is 2.47 bits per heavy atom. The molecule has 0 N–H and O–H groups in total. The van der Waals surface area contributed by atoms with Crippen molar-refractivity contribution in [2.45, 2.75) is 11.8 Å². The molecule has 0 atom stereocenters. The zero-order valence-corrected chi connectivity index (χ0v) is 10.5. The van der Waals surface area contributed by atoms with Crippen LogP contribution in [0.25, 0.3) is 16.7 Å². The minimum Gasteiger partial charge on any atom is -0.143 e. The predicted octanol–water partition coefficient (Wildman–Crippen LogP) is 4.48. The Hall–Kier alpha value is -1.69. The van der Waals surface area contributed by atoms with E-state index < -0.39 is 0 Å². The van der Waals surface area contributed by atoms with Crippen molar-refractivity contribution in [1.29, 1.82) is 0 Å². The Bertz CT molecular complexity index is 674. The SMILES string of the molecule is C=C=C1c2ccccc2-c2c(S)cc(C)cc21. The Morgan fingerprint density at radius 2 is 1.76 bits per heavy atom. The van der Waals surface area contributed by atoms with E-state index >= 15 is 0 Å². The number of hydrogen-bond donors (Lipinski definition) is 1. The molecule has 0 saturated carbocycles. The highest BCUT2D eigenvalue weighted by molar-refractivity contribution is 7.80. The second-order valence-electron chi connectivity index (χ2n) is 4.30. The van der Waals surface area contributed by atoms with Crippen molar-refractivity contribution in [3.8, 4) is 11.1 Å². The number of hydrogen-bond acceptors (Lipinski definition) is 1. The lowest BCUT2D eigenvalue weighted by Gasteiger charge is -2.05. The van der Waals surface area contributed by atoms with E-state index in [1.54, 1.807) is 0 Å². The first-order chi connectivity index (χ1) is 8.22. The molecule has 0 saturated heterocycles. The van der Waals surface area contributed by atoms with Crippen LogP contribution in [0.5, 0.6) is 0 Å². The lowest BCUT2D eigenvalue weighted by molar-refractivity contribution is 1.36. The van der Waals surface area contributed by atoms with Crippen LogP contribution in [0.1, 0.15) is 16.7 Å². The van der Waals surface area contributed by atoms with Crippen molar-refractivity contribution >= 4 is 18.2 Å². The topological polar surface area (TPSA) is 0 Å². The van der Waals surface area contributed by atoms with E-state index in [1.165, 1.54) is 27.8 Å². The highest BCUT2D eigenvalue weighted by Crippen LogP contribution is 2.46. The van der Waals surface area contributed by atoms with E-state index in [4.69, 9.17) is 0 Å². The molecule has 0 spiro atoms. The van der Waals surface area contributed by atoms with Crippen LogP contribution in [-0.2, 0) is 0 Å². The third-order valence-electron chi connectivity index (χ3n) is 3.17. The van der Waals surface area contributed by atoms with Gasteiger partial charge in [-0.3, -0.25) is 0 Å². The van der Waals surface area contributed by atoms with Crippen LogP contribution < -0.4 is 0 Å². The molecule has 0 aromatic heterocycles. The Kier molecular flexibility index (Phi) is 2.25. The Labute approximate surface area is 107 Å². The van der Waals surface area contributed by atoms with Crippen molar-refractivity contribution in [1.82, 2.24) is 0 Å². The Morgan fingerprint density at radius 1 is 1.06 bits per heavy atom. The van der Waals surface area contributed by atoms with E-state index in [0.29, 0.717) is 0 Å². The van der Waals surface area contributed by atoms with Gasteiger partial charge in [0.15, 0.2) is 0 Å². The molecule has 0 nitrogen and oxygen atoms in total. The van der Waals surface area contributed by atoms with E-state index in [-0.39, 0.29) is 0 Å². The fourth-order valence-corrected chi connectivity index (χ4v) is 2.95. The minimum atomic E-state index is 1.03. The third-order valence-corrected chi connectivity index (χ3v) is 3.53. The van der Waals surface area contributed by atoms with Crippen LogP contribution in [0.4, 0.5) is 0 Å². The molecular formula is C16H12S. The summed E-state index contributed by atoms with van der Waals surface area (Å²) >= 11 is 4.60. The highest BCUT2D eigenvalue weighted by atomic mass is 32.1. The minimum absolute atomic E-state index is 1.03. The zero-order chi connectivity index (χ0) is 12.0. The van der Waals surface area contributed by atoms with Gasteiger partial charge < -0.3 is 0 Å². The lowest BCUT2D eigenvalue weighted by Crippen LogP contribution is -1.83. The summed E-state index contributed by atoms with van der Waals surface area (Å²) in [6, 6.07) is 12.6. The molecule has 1 aliphatic carbocycles. The van der Waals surface area contributed by atoms with Gasteiger partial charge in [0.25, 0.3) is 0 Å². The standard InChI is InChI=1S/C16H12S/c1-3-11-12-6-4-5-7-13(12)16-14(11)8-10(2)9-15(16)17/h4-9,17H,1H2,2H3. The van der Waals surface area contributed by atoms with Crippen LogP contribution in [0.2, 0.25) is 0 Å². The largest absolute Gasteiger partial charge is 0.143 e. The predicted molar refractivity (Wildman–Crippen MR) is 75.5 cm³/mol. The molecule has 3 rings (SSSR count). The maximum Gasteiger partial charge on any atom is 0.0316 e. The summed E-state index contributed by atoms with van der Waals surface area (Å²) in [7, 11) is 0. The molecule has 0 fully saturated rings. The maximum atomic E-state index is 4.60. The van der Waals surface area contributed by atoms with Crippen molar-refractivity contribution in [3.05, 3.63) is 65.4 Å². The van der Waals surface area contributed by atoms with Crippen molar-refractivity contribution in [2.75, 3.05) is 0 Å². The summed E-state index contributed by atoms with van der Waals surface area (Å²) in [5, 5.41) is 0. The summed E-state index contributed by atoms with van der Waals surface area (Å²) in [6.07, 6.45) is 0. The van der Waals surface area contributed by atoms with Crippen molar-refractivity contribution < 1.29 is 0 Å². The van der Waals surface area contributed by atoms with Gasteiger partial charge in [0, 0.05) is 16.0 Å². The van der Waals surface area contributed by atoms with Gasteiger partial charge in [0.05, 0.1) is 0 Å². The average Bonchev–Trinajstić information content (AvgIpc) is 2.62. The molecule has 1 heteroatoms. The summed E-state index contributed by atoms with van der Waals surface area (Å²) in [5.74, 6) is 0. The number of fused-ring (bicyclic) bond motifs is 3. The first kappa shape index (κ1) is 10.5. The molecule has 0 aliphatic heterocycles. The van der Waals surface area contributed by atoms with Crippen LogP contribution in [-0.4, -0.2) is 0 Å². The second kappa shape index (κ2) is 3.66. The summed E-state index contributed by atoms with van der Waals surface area (Å²) in [4.78, 5) is 1.03. The molecule has 17 heavy (non-hydrogen) atoms. The van der Waals surface area contributed by atoms with Crippen LogP contribution in [0, 0.1) is 6.92 Å². The average molecular weight is 236 g/mol. The first-order valence-electron chi connectivity index (χ1n) is 5.56. The molecule has 0 amide bonds. The van der Waals surface area contributed by atoms with Gasteiger partial charge in [-0.2, -0.15) is 0 Å². The third kappa shape index (κ3) is 1.40. The van der Waals surface area contributed by atoms with Gasteiger partial charge in [-0.25, -0.2) is 0 Å². The number of thiol groups is 1. The molecule has 1 aliphatic rings. The van der Waals surface area contributed by atoms with Gasteiger partial charge in [-0.1, -0.05) is 36.9 Å². The van der Waals surface area contributed by atoms with Gasteiger partial charge in [0.2, 0.25) is 0 Å². The summed E-state index contributed by atoms with van der Waals surface area (Å²) in [6.45, 7) is 5.90. The van der Waals surface area contributed by atoms with E-state index in [2.05, 4.69) is 62.2 Å². The number of benzene rings is 2. The Balaban J connectivity index is 2.48. The molecular weight excluding hydrogens is 224 g/mol. The molecule has 0 radical (unpaired) electrons. The first-order valence-corrected chi connectivity index (χ1v) is 6.01. The summed E-state index contributed by atoms with van der Waals surface area (Å²) in [5.41, 5.74) is 10.2. The fraction of sp³-hybridized carbons (Fsp3) is 0.0625. The van der Waals surface area contributed by atoms with Crippen LogP contribution in [0.3, 0.4) is 0 Å². The van der Waals surface area contributed by atoms with Gasteiger partial charge in [0.1, 0.15) is 0 Å². The lowest BCUT2D eigenvalue weighted by atomic mass is 10.0. The normalized spacial score (nSPS) is 12.0. The van der Waals surface area contributed by atoms with Crippen molar-refractivity contribution in [3.63, 3.8) is 0 Å². The van der Waals surface area contributed by atoms with E-state index in [9.17, 15) is 0 Å². The number of aryl methyl sites for hydroxylation is 1. The molecule has 0 bridgehead atoms. The number of rotatable bonds is 0. The molecule has 0 unspecified atom stereocenters. The molecule has 2 aromatic carbocycles. The molecule has 82 valence electrons. The van der Waals surface area contributed by atoms with E-state index in [0.717, 1.165) is 10.5 Å². The quantitative estimate of drug-likeness (QED) is 0.432. The second-order valence-corrected chi connectivity index (χ2v) is 4.79. The molecule has 0 heterocycles. The maximum absolute atomic E-state index is 4.60. The zero-order valence-electron chi connectivity index (χ0n) is 9.62. The van der Waals surface area contributed by atoms with Crippen LogP contribution >= 0.6 is 12.6 Å². The van der Waals surface area contributed by atoms with Crippen molar-refractivity contribution in [2.24, 2.45) is 0 Å². The fourth-order valence-electron chi connectivity index (χ4n) is 2.50. The van der Waals surface area contributed by atoms with E-state index in [1.807, 2.05) is 6.07 Å². The smallest absolute Gasteiger partial charge is 0.0316 e. The van der Waals surface area contributed by atoms with Crippen LogP contribution in [0.15, 0.2) is 53.6 Å². The summed E-state index contributed by atoms with van der Waals surface area (Å²) < 4.78 is 0. The molecule has 2 aromatic rings. The van der Waals surface area contributed by atoms with Gasteiger partial charge >= 0.3 is 0 Å². The van der Waals surface area contributed by atoms with Gasteiger partial charge in [-0.05, 0) is 35.2 Å².